The number of benzene rings is 1. The first-order chi connectivity index (χ1) is 7.58. The highest BCUT2D eigenvalue weighted by molar-refractivity contribution is 5.54. The molecule has 82 valence electrons. The first kappa shape index (κ1) is 10.5. The Kier molecular flexibility index (Phi) is 2.52. The van der Waals surface area contributed by atoms with Crippen molar-refractivity contribution in [3.05, 3.63) is 51.9 Å². The summed E-state index contributed by atoms with van der Waals surface area (Å²) in [4.78, 5) is 17.3. The van der Waals surface area contributed by atoms with Crippen molar-refractivity contribution in [1.82, 2.24) is 9.97 Å². The van der Waals surface area contributed by atoms with Gasteiger partial charge in [0.1, 0.15) is 11.6 Å². The Bertz CT molecular complexity index is 576. The molecule has 0 aliphatic heterocycles. The fourth-order valence-corrected chi connectivity index (χ4v) is 1.32. The maximum Gasteiger partial charge on any atom is 0.287 e. The number of rotatable bonds is 1. The lowest BCUT2D eigenvalue weighted by Crippen LogP contribution is -2.15. The lowest BCUT2D eigenvalue weighted by molar-refractivity contribution is 0.589. The van der Waals surface area contributed by atoms with Gasteiger partial charge in [0.25, 0.3) is 5.56 Å². The van der Waals surface area contributed by atoms with E-state index in [4.69, 9.17) is 0 Å². The van der Waals surface area contributed by atoms with Gasteiger partial charge in [-0.2, -0.15) is 4.39 Å². The molecule has 0 aliphatic rings. The third kappa shape index (κ3) is 1.84. The summed E-state index contributed by atoms with van der Waals surface area (Å²) in [5.74, 6) is -1.06. The highest BCUT2D eigenvalue weighted by Gasteiger charge is 2.08. The molecule has 0 aliphatic carbocycles. The Balaban J connectivity index is 2.57. The maximum atomic E-state index is 13.0. The number of aryl methyl sites for hydroxylation is 1. The van der Waals surface area contributed by atoms with Crippen LogP contribution in [0.1, 0.15) is 5.69 Å². The minimum absolute atomic E-state index is 0.0167. The van der Waals surface area contributed by atoms with Crippen molar-refractivity contribution < 1.29 is 8.78 Å². The van der Waals surface area contributed by atoms with Crippen LogP contribution in [0.2, 0.25) is 0 Å². The summed E-state index contributed by atoms with van der Waals surface area (Å²) in [5, 5.41) is 0. The molecular weight excluding hydrogens is 214 g/mol. The summed E-state index contributed by atoms with van der Waals surface area (Å²) in [7, 11) is 0. The molecule has 1 N–H and O–H groups in total. The van der Waals surface area contributed by atoms with Crippen LogP contribution in [0.5, 0.6) is 0 Å². The van der Waals surface area contributed by atoms with Crippen LogP contribution in [0, 0.1) is 18.6 Å². The number of nitrogens with zero attached hydrogens (tertiary/aromatic N) is 1. The number of aromatic amines is 1. The van der Waals surface area contributed by atoms with E-state index in [1.165, 1.54) is 31.2 Å². The monoisotopic (exact) mass is 222 g/mol. The van der Waals surface area contributed by atoms with Crippen molar-refractivity contribution in [3.63, 3.8) is 0 Å². The molecule has 16 heavy (non-hydrogen) atoms. The minimum Gasteiger partial charge on any atom is -0.304 e. The molecule has 0 spiro atoms. The van der Waals surface area contributed by atoms with Gasteiger partial charge in [-0.25, -0.2) is 9.37 Å². The van der Waals surface area contributed by atoms with E-state index in [1.54, 1.807) is 0 Å². The maximum absolute atomic E-state index is 13.0. The van der Waals surface area contributed by atoms with Crippen molar-refractivity contribution in [1.29, 1.82) is 0 Å². The average Bonchev–Trinajstić information content (AvgIpc) is 2.26. The van der Waals surface area contributed by atoms with E-state index in [0.717, 1.165) is 0 Å². The molecule has 0 fully saturated rings. The van der Waals surface area contributed by atoms with Gasteiger partial charge in [-0.05, 0) is 31.2 Å². The van der Waals surface area contributed by atoms with Crippen LogP contribution in [0.3, 0.4) is 0 Å². The van der Waals surface area contributed by atoms with E-state index < -0.39 is 11.4 Å². The van der Waals surface area contributed by atoms with Crippen LogP contribution >= 0.6 is 0 Å². The zero-order chi connectivity index (χ0) is 11.7. The molecule has 1 aromatic heterocycles. The number of nitrogens with one attached hydrogen (secondary N) is 1. The Morgan fingerprint density at radius 2 is 1.81 bits per heavy atom. The van der Waals surface area contributed by atoms with Gasteiger partial charge in [-0.3, -0.25) is 4.79 Å². The topological polar surface area (TPSA) is 45.8 Å². The molecule has 0 bridgehead atoms. The molecule has 1 heterocycles. The molecule has 2 aromatic rings. The molecule has 3 nitrogen and oxygen atoms in total. The number of H-pyrrole nitrogens is 1. The largest absolute Gasteiger partial charge is 0.304 e. The Labute approximate surface area is 89.8 Å². The standard InChI is InChI=1S/C11H8F2N2O/c1-6-9(13)11(16)15-10(14-6)7-2-4-8(12)5-3-7/h2-5H,1H3,(H,14,15,16). The second-order valence-corrected chi connectivity index (χ2v) is 3.32. The number of halogens is 2. The second-order valence-electron chi connectivity index (χ2n) is 3.32. The summed E-state index contributed by atoms with van der Waals surface area (Å²) in [6, 6.07) is 5.41. The number of aromatic nitrogens is 2. The van der Waals surface area contributed by atoms with Crippen molar-refractivity contribution in [3.8, 4) is 11.4 Å². The van der Waals surface area contributed by atoms with E-state index in [1.807, 2.05) is 0 Å². The Morgan fingerprint density at radius 3 is 2.38 bits per heavy atom. The molecule has 0 saturated carbocycles. The van der Waals surface area contributed by atoms with Crippen molar-refractivity contribution >= 4 is 0 Å². The van der Waals surface area contributed by atoms with Gasteiger partial charge >= 0.3 is 0 Å². The fourth-order valence-electron chi connectivity index (χ4n) is 1.32. The first-order valence-corrected chi connectivity index (χ1v) is 4.60. The van der Waals surface area contributed by atoms with Gasteiger partial charge in [-0.1, -0.05) is 0 Å². The van der Waals surface area contributed by atoms with Crippen LogP contribution in [0.25, 0.3) is 11.4 Å². The third-order valence-corrected chi connectivity index (χ3v) is 2.15. The smallest absolute Gasteiger partial charge is 0.287 e. The summed E-state index contributed by atoms with van der Waals surface area (Å²) in [5.41, 5.74) is -0.281. The number of hydrogen-bond donors (Lipinski definition) is 1. The van der Waals surface area contributed by atoms with Gasteiger partial charge in [0.15, 0.2) is 0 Å². The van der Waals surface area contributed by atoms with E-state index in [9.17, 15) is 13.6 Å². The predicted octanol–water partition coefficient (Wildman–Crippen LogP) is 2.02. The zero-order valence-corrected chi connectivity index (χ0v) is 8.42. The molecule has 2 rings (SSSR count). The molecular formula is C11H8F2N2O. The van der Waals surface area contributed by atoms with Crippen LogP contribution < -0.4 is 5.56 Å². The van der Waals surface area contributed by atoms with E-state index >= 15 is 0 Å². The highest BCUT2D eigenvalue weighted by atomic mass is 19.1. The quantitative estimate of drug-likeness (QED) is 0.802. The number of hydrogen-bond acceptors (Lipinski definition) is 2. The van der Waals surface area contributed by atoms with Crippen LogP contribution in [0.15, 0.2) is 29.1 Å². The Hall–Kier alpha value is -2.04. The lowest BCUT2D eigenvalue weighted by Gasteiger charge is -2.02. The van der Waals surface area contributed by atoms with Gasteiger partial charge in [0.05, 0.1) is 5.69 Å². The molecule has 0 saturated heterocycles. The molecule has 0 radical (unpaired) electrons. The predicted molar refractivity (Wildman–Crippen MR) is 54.9 cm³/mol. The van der Waals surface area contributed by atoms with Gasteiger partial charge in [0.2, 0.25) is 5.82 Å². The van der Waals surface area contributed by atoms with Crippen LogP contribution in [-0.4, -0.2) is 9.97 Å². The van der Waals surface area contributed by atoms with Crippen LogP contribution in [0.4, 0.5) is 8.78 Å². The lowest BCUT2D eigenvalue weighted by atomic mass is 10.2. The van der Waals surface area contributed by atoms with Gasteiger partial charge < -0.3 is 4.98 Å². The van der Waals surface area contributed by atoms with E-state index in [-0.39, 0.29) is 17.3 Å². The SMILES string of the molecule is Cc1nc(-c2ccc(F)cc2)[nH]c(=O)c1F. The summed E-state index contributed by atoms with van der Waals surface area (Å²) in [6.45, 7) is 1.40. The van der Waals surface area contributed by atoms with Crippen molar-refractivity contribution in [2.75, 3.05) is 0 Å². The van der Waals surface area contributed by atoms with Crippen molar-refractivity contribution in [2.45, 2.75) is 6.92 Å². The zero-order valence-electron chi connectivity index (χ0n) is 8.42. The normalized spacial score (nSPS) is 10.4. The first-order valence-electron chi connectivity index (χ1n) is 4.60. The van der Waals surface area contributed by atoms with Crippen molar-refractivity contribution in [2.24, 2.45) is 0 Å². The fraction of sp³-hybridized carbons (Fsp3) is 0.0909. The van der Waals surface area contributed by atoms with Gasteiger partial charge in [0, 0.05) is 5.56 Å². The molecule has 0 atom stereocenters. The average molecular weight is 222 g/mol. The van der Waals surface area contributed by atoms with Crippen LogP contribution in [-0.2, 0) is 0 Å². The second kappa shape index (κ2) is 3.84. The third-order valence-electron chi connectivity index (χ3n) is 2.15. The molecule has 1 aromatic carbocycles. The summed E-state index contributed by atoms with van der Waals surface area (Å²) < 4.78 is 25.7. The Morgan fingerprint density at radius 1 is 1.19 bits per heavy atom. The van der Waals surface area contributed by atoms with E-state index in [2.05, 4.69) is 9.97 Å². The minimum atomic E-state index is -0.897. The van der Waals surface area contributed by atoms with E-state index in [0.29, 0.717) is 5.56 Å². The van der Waals surface area contributed by atoms with Gasteiger partial charge in [-0.15, -0.1) is 0 Å². The summed E-state index contributed by atoms with van der Waals surface area (Å²) in [6.07, 6.45) is 0. The molecule has 5 heteroatoms. The molecule has 0 unspecified atom stereocenters. The molecule has 0 amide bonds. The summed E-state index contributed by atoms with van der Waals surface area (Å²) >= 11 is 0. The highest BCUT2D eigenvalue weighted by Crippen LogP contribution is 2.14.